The Labute approximate surface area is 149 Å². The highest BCUT2D eigenvalue weighted by molar-refractivity contribution is 7.92. The van der Waals surface area contributed by atoms with Crippen molar-refractivity contribution in [2.24, 2.45) is 0 Å². The molecule has 1 N–H and O–H groups in total. The van der Waals surface area contributed by atoms with E-state index in [0.29, 0.717) is 6.54 Å². The van der Waals surface area contributed by atoms with Crippen LogP contribution in [0.4, 0.5) is 11.6 Å². The van der Waals surface area contributed by atoms with Gasteiger partial charge in [0.15, 0.2) is 0 Å². The monoisotopic (exact) mass is 373 g/mol. The van der Waals surface area contributed by atoms with Crippen LogP contribution in [0.3, 0.4) is 0 Å². The van der Waals surface area contributed by atoms with E-state index in [1.807, 2.05) is 31.2 Å². The number of nitro benzene ring substituents is 1. The molecule has 9 nitrogen and oxygen atoms in total. The second-order valence-electron chi connectivity index (χ2n) is 5.61. The summed E-state index contributed by atoms with van der Waals surface area (Å²) in [6.07, 6.45) is 1.42. The molecular formula is C16H15N5O4S. The number of nitrogens with zero attached hydrogens (tertiary/aromatic N) is 4. The number of hydrogen-bond acceptors (Lipinski definition) is 6. The van der Waals surface area contributed by atoms with Gasteiger partial charge in [0.2, 0.25) is 0 Å². The lowest BCUT2D eigenvalue weighted by molar-refractivity contribution is -0.384. The van der Waals surface area contributed by atoms with Gasteiger partial charge in [-0.15, -0.1) is 5.10 Å². The minimum Gasteiger partial charge on any atom is -0.258 e. The van der Waals surface area contributed by atoms with E-state index in [-0.39, 0.29) is 16.5 Å². The molecule has 0 radical (unpaired) electrons. The standard InChI is InChI=1S/C16H15N5O4S/c1-12-2-4-13(5-3-12)10-20-11-17-16(18-20)19-26(24,25)15-8-6-14(7-9-15)21(22)23/h2-9,11H,10H2,1H3,(H,18,19). The molecule has 134 valence electrons. The van der Waals surface area contributed by atoms with E-state index < -0.39 is 14.9 Å². The molecule has 0 atom stereocenters. The fourth-order valence-corrected chi connectivity index (χ4v) is 3.17. The zero-order valence-electron chi connectivity index (χ0n) is 13.7. The van der Waals surface area contributed by atoms with Crippen molar-refractivity contribution in [3.63, 3.8) is 0 Å². The summed E-state index contributed by atoms with van der Waals surface area (Å²) in [4.78, 5) is 13.9. The summed E-state index contributed by atoms with van der Waals surface area (Å²) in [5.74, 6) is -0.0736. The van der Waals surface area contributed by atoms with E-state index in [4.69, 9.17) is 0 Å². The van der Waals surface area contributed by atoms with Crippen molar-refractivity contribution in [1.82, 2.24) is 14.8 Å². The second-order valence-corrected chi connectivity index (χ2v) is 7.29. The van der Waals surface area contributed by atoms with Crippen LogP contribution >= 0.6 is 0 Å². The molecule has 1 aromatic heterocycles. The van der Waals surface area contributed by atoms with E-state index in [0.717, 1.165) is 35.4 Å². The van der Waals surface area contributed by atoms with Gasteiger partial charge in [0.05, 0.1) is 16.4 Å². The predicted octanol–water partition coefficient (Wildman–Crippen LogP) is 2.34. The minimum atomic E-state index is -3.93. The molecule has 10 heteroatoms. The molecule has 0 aliphatic heterocycles. The molecule has 26 heavy (non-hydrogen) atoms. The highest BCUT2D eigenvalue weighted by Crippen LogP contribution is 2.17. The molecule has 0 amide bonds. The second kappa shape index (κ2) is 6.92. The number of nitrogens with one attached hydrogen (secondary N) is 1. The first-order valence-electron chi connectivity index (χ1n) is 7.56. The Kier molecular flexibility index (Phi) is 4.67. The molecule has 0 aliphatic carbocycles. The minimum absolute atomic E-state index is 0.0736. The third-order valence-electron chi connectivity index (χ3n) is 3.59. The number of benzene rings is 2. The van der Waals surface area contributed by atoms with Crippen LogP contribution in [0.1, 0.15) is 11.1 Å². The Hall–Kier alpha value is -3.27. The van der Waals surface area contributed by atoms with Gasteiger partial charge >= 0.3 is 0 Å². The number of anilines is 1. The third kappa shape index (κ3) is 4.03. The summed E-state index contributed by atoms with van der Waals surface area (Å²) < 4.78 is 28.4. The van der Waals surface area contributed by atoms with E-state index in [1.165, 1.54) is 11.0 Å². The van der Waals surface area contributed by atoms with Gasteiger partial charge < -0.3 is 0 Å². The Morgan fingerprint density at radius 3 is 2.38 bits per heavy atom. The maximum Gasteiger partial charge on any atom is 0.269 e. The van der Waals surface area contributed by atoms with Gasteiger partial charge in [-0.1, -0.05) is 29.8 Å². The first-order chi connectivity index (χ1) is 12.3. The summed E-state index contributed by atoms with van der Waals surface area (Å²) >= 11 is 0. The molecule has 2 aromatic carbocycles. The van der Waals surface area contributed by atoms with Gasteiger partial charge in [0.1, 0.15) is 6.33 Å². The van der Waals surface area contributed by atoms with E-state index in [1.54, 1.807) is 0 Å². The Balaban J connectivity index is 1.73. The summed E-state index contributed by atoms with van der Waals surface area (Å²) in [7, 11) is -3.93. The van der Waals surface area contributed by atoms with Crippen LogP contribution in [0.25, 0.3) is 0 Å². The lowest BCUT2D eigenvalue weighted by Crippen LogP contribution is -2.14. The molecule has 3 rings (SSSR count). The third-order valence-corrected chi connectivity index (χ3v) is 4.93. The number of nitro groups is 1. The van der Waals surface area contributed by atoms with E-state index in [9.17, 15) is 18.5 Å². The summed E-state index contributed by atoms with van der Waals surface area (Å²) in [5, 5.41) is 14.7. The van der Waals surface area contributed by atoms with Gasteiger partial charge in [-0.2, -0.15) is 4.98 Å². The Morgan fingerprint density at radius 1 is 1.12 bits per heavy atom. The SMILES string of the molecule is Cc1ccc(Cn2cnc(NS(=O)(=O)c3ccc([N+](=O)[O-])cc3)n2)cc1. The average Bonchev–Trinajstić information content (AvgIpc) is 3.03. The smallest absolute Gasteiger partial charge is 0.258 e. The molecule has 0 spiro atoms. The van der Waals surface area contributed by atoms with Crippen LogP contribution in [-0.2, 0) is 16.6 Å². The number of sulfonamides is 1. The van der Waals surface area contributed by atoms with Crippen molar-refractivity contribution in [2.75, 3.05) is 4.72 Å². The molecule has 3 aromatic rings. The molecule has 0 unspecified atom stereocenters. The average molecular weight is 373 g/mol. The zero-order valence-corrected chi connectivity index (χ0v) is 14.5. The van der Waals surface area contributed by atoms with Gasteiger partial charge in [-0.25, -0.2) is 17.8 Å². The fraction of sp³-hybridized carbons (Fsp3) is 0.125. The molecule has 0 bridgehead atoms. The van der Waals surface area contributed by atoms with Gasteiger partial charge in [0.25, 0.3) is 21.7 Å². The number of aryl methyl sites for hydroxylation is 1. The molecule has 0 aliphatic rings. The molecular weight excluding hydrogens is 358 g/mol. The number of hydrogen-bond donors (Lipinski definition) is 1. The first-order valence-corrected chi connectivity index (χ1v) is 9.04. The van der Waals surface area contributed by atoms with Crippen molar-refractivity contribution in [3.05, 3.63) is 76.1 Å². The molecule has 0 fully saturated rings. The topological polar surface area (TPSA) is 120 Å². The lowest BCUT2D eigenvalue weighted by atomic mass is 10.1. The zero-order chi connectivity index (χ0) is 18.7. The molecule has 0 saturated carbocycles. The predicted molar refractivity (Wildman–Crippen MR) is 94.2 cm³/mol. The fourth-order valence-electron chi connectivity index (χ4n) is 2.22. The molecule has 1 heterocycles. The van der Waals surface area contributed by atoms with Gasteiger partial charge in [0, 0.05) is 12.1 Å². The van der Waals surface area contributed by atoms with Crippen LogP contribution < -0.4 is 4.72 Å². The van der Waals surface area contributed by atoms with Crippen molar-refractivity contribution >= 4 is 21.7 Å². The van der Waals surface area contributed by atoms with Crippen LogP contribution in [0.15, 0.2) is 59.8 Å². The van der Waals surface area contributed by atoms with Gasteiger partial charge in [-0.3, -0.25) is 10.1 Å². The summed E-state index contributed by atoms with van der Waals surface area (Å²) in [6.45, 7) is 2.44. The maximum atomic E-state index is 12.3. The summed E-state index contributed by atoms with van der Waals surface area (Å²) in [6, 6.07) is 12.4. The number of rotatable bonds is 6. The highest BCUT2D eigenvalue weighted by Gasteiger charge is 2.18. The van der Waals surface area contributed by atoms with Crippen molar-refractivity contribution in [1.29, 1.82) is 0 Å². The van der Waals surface area contributed by atoms with Crippen molar-refractivity contribution < 1.29 is 13.3 Å². The Morgan fingerprint density at radius 2 is 1.77 bits per heavy atom. The van der Waals surface area contributed by atoms with Crippen LogP contribution in [0.5, 0.6) is 0 Å². The van der Waals surface area contributed by atoms with E-state index >= 15 is 0 Å². The summed E-state index contributed by atoms with van der Waals surface area (Å²) in [5.41, 5.74) is 1.96. The van der Waals surface area contributed by atoms with Crippen LogP contribution in [-0.4, -0.2) is 28.1 Å². The first kappa shape index (κ1) is 17.5. The maximum absolute atomic E-state index is 12.3. The van der Waals surface area contributed by atoms with E-state index in [2.05, 4.69) is 14.8 Å². The normalized spacial score (nSPS) is 11.3. The number of aromatic nitrogens is 3. The largest absolute Gasteiger partial charge is 0.269 e. The number of non-ortho nitro benzene ring substituents is 1. The van der Waals surface area contributed by atoms with Crippen molar-refractivity contribution in [2.45, 2.75) is 18.4 Å². The molecule has 0 saturated heterocycles. The van der Waals surface area contributed by atoms with Gasteiger partial charge in [-0.05, 0) is 24.6 Å². The lowest BCUT2D eigenvalue weighted by Gasteiger charge is -2.04. The van der Waals surface area contributed by atoms with Crippen molar-refractivity contribution in [3.8, 4) is 0 Å². The highest BCUT2D eigenvalue weighted by atomic mass is 32.2. The van der Waals surface area contributed by atoms with Crippen LogP contribution in [0, 0.1) is 17.0 Å². The Bertz CT molecular complexity index is 1030. The quantitative estimate of drug-likeness (QED) is 0.523. The van der Waals surface area contributed by atoms with Crippen LogP contribution in [0.2, 0.25) is 0 Å².